The van der Waals surface area contributed by atoms with Crippen molar-refractivity contribution >= 4 is 39.7 Å². The van der Waals surface area contributed by atoms with Crippen LogP contribution in [0.25, 0.3) is 0 Å². The summed E-state index contributed by atoms with van der Waals surface area (Å²) >= 11 is 9.52. The van der Waals surface area contributed by atoms with Gasteiger partial charge in [-0.15, -0.1) is 0 Å². The number of amides is 1. The quantitative estimate of drug-likeness (QED) is 0.248. The zero-order chi connectivity index (χ0) is 23.6. The van der Waals surface area contributed by atoms with E-state index in [4.69, 9.17) is 25.8 Å². The van der Waals surface area contributed by atoms with Gasteiger partial charge in [-0.3, -0.25) is 4.79 Å². The Morgan fingerprint density at radius 1 is 0.970 bits per heavy atom. The summed E-state index contributed by atoms with van der Waals surface area (Å²) < 4.78 is 17.7. The second kappa shape index (κ2) is 12.3. The molecule has 0 aliphatic carbocycles. The summed E-state index contributed by atoms with van der Waals surface area (Å²) in [5.41, 5.74) is 4.72. The largest absolute Gasteiger partial charge is 0.490 e. The third-order valence-corrected chi connectivity index (χ3v) is 5.28. The number of hydrazone groups is 1. The van der Waals surface area contributed by atoms with E-state index in [1.165, 1.54) is 0 Å². The molecule has 0 saturated carbocycles. The van der Waals surface area contributed by atoms with Crippen LogP contribution in [-0.4, -0.2) is 25.3 Å². The van der Waals surface area contributed by atoms with Crippen LogP contribution in [0, 0.1) is 0 Å². The summed E-state index contributed by atoms with van der Waals surface area (Å²) in [5, 5.41) is 4.72. The van der Waals surface area contributed by atoms with E-state index in [9.17, 15) is 4.79 Å². The lowest BCUT2D eigenvalue weighted by Crippen LogP contribution is -2.17. The highest BCUT2D eigenvalue weighted by Gasteiger charge is 2.11. The van der Waals surface area contributed by atoms with Crippen LogP contribution >= 0.6 is 27.5 Å². The van der Waals surface area contributed by atoms with Crippen LogP contribution in [0.4, 0.5) is 0 Å². The number of hydrogen-bond donors (Lipinski definition) is 1. The molecule has 0 aromatic heterocycles. The van der Waals surface area contributed by atoms with Gasteiger partial charge in [-0.25, -0.2) is 5.43 Å². The molecule has 0 heterocycles. The van der Waals surface area contributed by atoms with E-state index >= 15 is 0 Å². The van der Waals surface area contributed by atoms with Gasteiger partial charge < -0.3 is 14.2 Å². The van der Waals surface area contributed by atoms with Gasteiger partial charge in [0, 0.05) is 10.6 Å². The minimum Gasteiger partial charge on any atom is -0.490 e. The number of benzene rings is 3. The van der Waals surface area contributed by atoms with Crippen LogP contribution in [0.3, 0.4) is 0 Å². The van der Waals surface area contributed by atoms with E-state index in [0.717, 1.165) is 15.6 Å². The highest BCUT2D eigenvalue weighted by atomic mass is 79.9. The molecule has 33 heavy (non-hydrogen) atoms. The van der Waals surface area contributed by atoms with Crippen molar-refractivity contribution in [1.82, 2.24) is 5.43 Å². The first-order valence-corrected chi connectivity index (χ1v) is 11.6. The molecule has 1 amide bonds. The third-order valence-electron chi connectivity index (χ3n) is 4.42. The van der Waals surface area contributed by atoms with Crippen LogP contribution in [0.1, 0.15) is 35.3 Å². The molecule has 0 spiro atoms. The molecule has 0 atom stereocenters. The number of ether oxygens (including phenoxy) is 3. The molecule has 0 unspecified atom stereocenters. The van der Waals surface area contributed by atoms with Crippen molar-refractivity contribution in [2.75, 3.05) is 13.2 Å². The monoisotopic (exact) mass is 530 g/mol. The Bertz CT molecular complexity index is 1140. The number of halogens is 2. The predicted molar refractivity (Wildman–Crippen MR) is 134 cm³/mol. The Kier molecular flexibility index (Phi) is 9.15. The normalized spacial score (nSPS) is 10.8. The van der Waals surface area contributed by atoms with Crippen LogP contribution in [0.2, 0.25) is 5.02 Å². The Hall–Kier alpha value is -3.03. The van der Waals surface area contributed by atoms with Crippen molar-refractivity contribution in [1.29, 1.82) is 0 Å². The van der Waals surface area contributed by atoms with Gasteiger partial charge in [-0.1, -0.05) is 23.7 Å². The minimum absolute atomic E-state index is 0.351. The fourth-order valence-corrected chi connectivity index (χ4v) is 3.65. The van der Waals surface area contributed by atoms with Crippen molar-refractivity contribution in [2.24, 2.45) is 5.10 Å². The van der Waals surface area contributed by atoms with Crippen molar-refractivity contribution in [3.63, 3.8) is 0 Å². The molecule has 0 fully saturated rings. The molecule has 3 rings (SSSR count). The van der Waals surface area contributed by atoms with E-state index in [1.54, 1.807) is 24.4 Å². The number of carbonyl (C=O) groups excluding carboxylic acids is 1. The molecule has 3 aromatic carbocycles. The zero-order valence-corrected chi connectivity index (χ0v) is 20.7. The smallest absolute Gasteiger partial charge is 0.271 e. The summed E-state index contributed by atoms with van der Waals surface area (Å²) in [6, 6.07) is 18.1. The lowest BCUT2D eigenvalue weighted by Gasteiger charge is -2.11. The Morgan fingerprint density at radius 3 is 2.45 bits per heavy atom. The predicted octanol–water partition coefficient (Wildman–Crippen LogP) is 6.24. The number of nitrogens with zero attached hydrogens (tertiary/aromatic N) is 1. The van der Waals surface area contributed by atoms with Crippen molar-refractivity contribution in [3.8, 4) is 17.2 Å². The van der Waals surface area contributed by atoms with Gasteiger partial charge in [-0.05, 0) is 89.4 Å². The second-order valence-electron chi connectivity index (χ2n) is 6.84. The Morgan fingerprint density at radius 2 is 1.73 bits per heavy atom. The highest BCUT2D eigenvalue weighted by molar-refractivity contribution is 9.10. The topological polar surface area (TPSA) is 69.2 Å². The molecule has 8 heteroatoms. The summed E-state index contributed by atoms with van der Waals surface area (Å²) in [6.07, 6.45) is 1.56. The molecule has 3 aromatic rings. The van der Waals surface area contributed by atoms with Crippen LogP contribution in [-0.2, 0) is 6.61 Å². The fourth-order valence-electron chi connectivity index (χ4n) is 2.92. The molecule has 1 N–H and O–H groups in total. The van der Waals surface area contributed by atoms with E-state index in [0.29, 0.717) is 47.7 Å². The first kappa shape index (κ1) is 24.6. The second-order valence-corrected chi connectivity index (χ2v) is 8.13. The molecular weight excluding hydrogens is 508 g/mol. The number of nitrogens with one attached hydrogen (secondary N) is 1. The standard InChI is InChI=1S/C25H24BrClN2O4/c1-3-31-23-11-9-19(14-24(23)32-4-2)25(30)29-28-15-17-8-10-22(21(26)13-17)33-16-18-6-5-7-20(27)12-18/h5-15H,3-4,16H2,1-2H3,(H,29,30)/b28-15+. The van der Waals surface area contributed by atoms with Crippen molar-refractivity contribution in [3.05, 3.63) is 86.8 Å². The molecule has 0 radical (unpaired) electrons. The molecule has 6 nitrogen and oxygen atoms in total. The summed E-state index contributed by atoms with van der Waals surface area (Å²) in [7, 11) is 0. The summed E-state index contributed by atoms with van der Waals surface area (Å²) in [4.78, 5) is 12.5. The van der Waals surface area contributed by atoms with Gasteiger partial charge in [0.05, 0.1) is 23.9 Å². The van der Waals surface area contributed by atoms with Crippen LogP contribution < -0.4 is 19.6 Å². The van der Waals surface area contributed by atoms with Gasteiger partial charge >= 0.3 is 0 Å². The van der Waals surface area contributed by atoms with Gasteiger partial charge in [0.2, 0.25) is 0 Å². The van der Waals surface area contributed by atoms with Crippen LogP contribution in [0.15, 0.2) is 70.2 Å². The van der Waals surface area contributed by atoms with Gasteiger partial charge in [0.25, 0.3) is 5.91 Å². The highest BCUT2D eigenvalue weighted by Crippen LogP contribution is 2.29. The first-order valence-electron chi connectivity index (χ1n) is 10.4. The van der Waals surface area contributed by atoms with Gasteiger partial charge in [0.15, 0.2) is 11.5 Å². The van der Waals surface area contributed by atoms with Crippen molar-refractivity contribution in [2.45, 2.75) is 20.5 Å². The third kappa shape index (κ3) is 7.23. The Labute approximate surface area is 206 Å². The van der Waals surface area contributed by atoms with Crippen LogP contribution in [0.5, 0.6) is 17.2 Å². The summed E-state index contributed by atoms with van der Waals surface area (Å²) in [5.74, 6) is 1.46. The van der Waals surface area contributed by atoms with Gasteiger partial charge in [0.1, 0.15) is 12.4 Å². The molecular formula is C25H24BrClN2O4. The number of carbonyl (C=O) groups is 1. The maximum atomic E-state index is 12.5. The SMILES string of the molecule is CCOc1ccc(C(=O)N/N=C/c2ccc(OCc3cccc(Cl)c3)c(Br)c2)cc1OCC. The summed E-state index contributed by atoms with van der Waals surface area (Å²) in [6.45, 7) is 5.14. The zero-order valence-electron chi connectivity index (χ0n) is 18.3. The average molecular weight is 532 g/mol. The average Bonchev–Trinajstić information content (AvgIpc) is 2.80. The van der Waals surface area contributed by atoms with E-state index in [2.05, 4.69) is 26.5 Å². The molecule has 0 saturated heterocycles. The Balaban J connectivity index is 1.60. The van der Waals surface area contributed by atoms with E-state index in [-0.39, 0.29) is 5.91 Å². The molecule has 172 valence electrons. The maximum absolute atomic E-state index is 12.5. The first-order chi connectivity index (χ1) is 16.0. The minimum atomic E-state index is -0.351. The van der Waals surface area contributed by atoms with E-state index < -0.39 is 0 Å². The molecule has 0 aliphatic rings. The van der Waals surface area contributed by atoms with E-state index in [1.807, 2.05) is 56.3 Å². The maximum Gasteiger partial charge on any atom is 0.271 e. The fraction of sp³-hybridized carbons (Fsp3) is 0.200. The molecule has 0 bridgehead atoms. The van der Waals surface area contributed by atoms with Crippen molar-refractivity contribution < 1.29 is 19.0 Å². The lowest BCUT2D eigenvalue weighted by molar-refractivity contribution is 0.0954. The number of hydrogen-bond acceptors (Lipinski definition) is 5. The number of rotatable bonds is 10. The lowest BCUT2D eigenvalue weighted by atomic mass is 10.2. The molecule has 0 aliphatic heterocycles. The van der Waals surface area contributed by atoms with Gasteiger partial charge in [-0.2, -0.15) is 5.10 Å².